The summed E-state index contributed by atoms with van der Waals surface area (Å²) in [5.74, 6) is 5.36. The molecule has 0 aliphatic carbocycles. The molecule has 2 aliphatic heterocycles. The van der Waals surface area contributed by atoms with Gasteiger partial charge >= 0.3 is 6.03 Å². The summed E-state index contributed by atoms with van der Waals surface area (Å²) in [7, 11) is 0. The van der Waals surface area contributed by atoms with Crippen molar-refractivity contribution < 1.29 is 14.8 Å². The SMILES string of the molecule is NN1C=C[NH+]2C(=O)NC(O)=C2C1. The van der Waals surface area contributed by atoms with E-state index in [-0.39, 0.29) is 11.9 Å². The molecule has 5 N–H and O–H groups in total. The molecule has 2 amide bonds. The lowest BCUT2D eigenvalue weighted by Crippen LogP contribution is -3.09. The number of aliphatic hydroxyl groups is 1. The largest absolute Gasteiger partial charge is 0.490 e. The van der Waals surface area contributed by atoms with Crippen LogP contribution in [0.4, 0.5) is 4.79 Å². The molecule has 0 radical (unpaired) electrons. The Balaban J connectivity index is 2.37. The fourth-order valence-corrected chi connectivity index (χ4v) is 1.26. The van der Waals surface area contributed by atoms with Crippen molar-refractivity contribution in [3.63, 3.8) is 0 Å². The first-order valence-corrected chi connectivity index (χ1v) is 3.49. The van der Waals surface area contributed by atoms with E-state index in [2.05, 4.69) is 5.32 Å². The average Bonchev–Trinajstić information content (AvgIpc) is 2.28. The van der Waals surface area contributed by atoms with E-state index in [0.29, 0.717) is 17.1 Å². The number of hydrogen-bond donors (Lipinski definition) is 4. The molecule has 1 atom stereocenters. The summed E-state index contributed by atoms with van der Waals surface area (Å²) in [5.41, 5.74) is 0.560. The van der Waals surface area contributed by atoms with Crippen molar-refractivity contribution in [2.24, 2.45) is 5.84 Å². The van der Waals surface area contributed by atoms with Crippen LogP contribution in [0.15, 0.2) is 24.0 Å². The number of hydrogen-bond acceptors (Lipinski definition) is 4. The molecule has 0 saturated heterocycles. The standard InChI is InChI=1S/C6H8N4O2/c7-9-1-2-10-4(3-9)5(11)8-6(10)12/h1-2,11H,3,7H2,(H,8,12)/p+1. The van der Waals surface area contributed by atoms with Crippen molar-refractivity contribution in [1.29, 1.82) is 0 Å². The van der Waals surface area contributed by atoms with Crippen molar-refractivity contribution in [2.45, 2.75) is 0 Å². The van der Waals surface area contributed by atoms with E-state index < -0.39 is 0 Å². The summed E-state index contributed by atoms with van der Waals surface area (Å²) in [6.07, 6.45) is 3.18. The zero-order valence-electron chi connectivity index (χ0n) is 6.24. The molecule has 0 bridgehead atoms. The molecule has 12 heavy (non-hydrogen) atoms. The van der Waals surface area contributed by atoms with Gasteiger partial charge in [0.2, 0.25) is 5.70 Å². The summed E-state index contributed by atoms with van der Waals surface area (Å²) < 4.78 is 0. The van der Waals surface area contributed by atoms with Crippen LogP contribution in [-0.4, -0.2) is 22.7 Å². The number of nitrogens with zero attached hydrogens (tertiary/aromatic N) is 1. The van der Waals surface area contributed by atoms with Crippen LogP contribution in [0, 0.1) is 0 Å². The second kappa shape index (κ2) is 2.23. The van der Waals surface area contributed by atoms with E-state index in [1.807, 2.05) is 0 Å². The maximum absolute atomic E-state index is 11.1. The molecule has 2 aliphatic rings. The third-order valence-corrected chi connectivity index (χ3v) is 1.86. The smallest absolute Gasteiger partial charge is 0.431 e. The van der Waals surface area contributed by atoms with Crippen molar-refractivity contribution in [3.8, 4) is 0 Å². The molecule has 0 fully saturated rings. The Labute approximate surface area is 68.5 Å². The fourth-order valence-electron chi connectivity index (χ4n) is 1.26. The van der Waals surface area contributed by atoms with Gasteiger partial charge in [0.1, 0.15) is 12.7 Å². The molecular formula is C6H9N4O2+. The summed E-state index contributed by atoms with van der Waals surface area (Å²) in [6.45, 7) is 0.358. The summed E-state index contributed by atoms with van der Waals surface area (Å²) in [6, 6.07) is -0.271. The maximum Gasteiger partial charge on any atom is 0.431 e. The van der Waals surface area contributed by atoms with Crippen LogP contribution in [0.25, 0.3) is 0 Å². The number of rotatable bonds is 0. The summed E-state index contributed by atoms with van der Waals surface area (Å²) in [5, 5.41) is 12.9. The van der Waals surface area contributed by atoms with Gasteiger partial charge in [-0.2, -0.15) is 4.90 Å². The highest BCUT2D eigenvalue weighted by Gasteiger charge is 2.37. The predicted molar refractivity (Wildman–Crippen MR) is 39.2 cm³/mol. The summed E-state index contributed by atoms with van der Waals surface area (Å²) in [4.78, 5) is 11.6. The molecule has 0 spiro atoms. The van der Waals surface area contributed by atoms with Crippen LogP contribution in [0.1, 0.15) is 0 Å². The van der Waals surface area contributed by atoms with E-state index in [1.54, 1.807) is 12.4 Å². The third-order valence-electron chi connectivity index (χ3n) is 1.86. The van der Waals surface area contributed by atoms with Crippen molar-refractivity contribution in [3.05, 3.63) is 24.0 Å². The normalized spacial score (nSPS) is 27.6. The van der Waals surface area contributed by atoms with Crippen LogP contribution >= 0.6 is 0 Å². The second-order valence-corrected chi connectivity index (χ2v) is 2.68. The number of hydrazine groups is 1. The first kappa shape index (κ1) is 7.14. The molecule has 64 valence electrons. The van der Waals surface area contributed by atoms with Gasteiger partial charge in [-0.15, -0.1) is 0 Å². The Morgan fingerprint density at radius 2 is 2.50 bits per heavy atom. The minimum Gasteiger partial charge on any atom is -0.490 e. The molecular weight excluding hydrogens is 160 g/mol. The number of amides is 2. The predicted octanol–water partition coefficient (Wildman–Crippen LogP) is -2.02. The molecule has 2 heterocycles. The first-order valence-electron chi connectivity index (χ1n) is 3.49. The highest BCUT2D eigenvalue weighted by Crippen LogP contribution is 2.01. The number of fused-ring (bicyclic) bond motifs is 1. The van der Waals surface area contributed by atoms with Gasteiger partial charge in [-0.1, -0.05) is 0 Å². The maximum atomic E-state index is 11.1. The van der Waals surface area contributed by atoms with Gasteiger partial charge in [0.05, 0.1) is 6.20 Å². The molecule has 0 aromatic carbocycles. The zero-order valence-corrected chi connectivity index (χ0v) is 6.24. The molecule has 2 rings (SSSR count). The molecule has 6 nitrogen and oxygen atoms in total. The molecule has 0 aromatic heterocycles. The molecule has 0 saturated carbocycles. The fraction of sp³-hybridized carbons (Fsp3) is 0.167. The van der Waals surface area contributed by atoms with Crippen molar-refractivity contribution in [1.82, 2.24) is 10.3 Å². The van der Waals surface area contributed by atoms with Crippen LogP contribution < -0.4 is 16.1 Å². The van der Waals surface area contributed by atoms with Crippen molar-refractivity contribution in [2.75, 3.05) is 6.54 Å². The highest BCUT2D eigenvalue weighted by molar-refractivity contribution is 5.70. The first-order chi connectivity index (χ1) is 5.68. The number of urea groups is 1. The third kappa shape index (κ3) is 0.858. The average molecular weight is 169 g/mol. The van der Waals surface area contributed by atoms with Gasteiger partial charge in [0, 0.05) is 0 Å². The molecule has 6 heteroatoms. The summed E-state index contributed by atoms with van der Waals surface area (Å²) >= 11 is 0. The second-order valence-electron chi connectivity index (χ2n) is 2.68. The number of carbonyl (C=O) groups is 1. The Morgan fingerprint density at radius 3 is 3.25 bits per heavy atom. The van der Waals surface area contributed by atoms with Gasteiger partial charge in [0.25, 0.3) is 5.88 Å². The van der Waals surface area contributed by atoms with Crippen LogP contribution in [0.5, 0.6) is 0 Å². The zero-order chi connectivity index (χ0) is 8.72. The van der Waals surface area contributed by atoms with Crippen molar-refractivity contribution >= 4 is 6.03 Å². The topological polar surface area (TPSA) is 83.0 Å². The van der Waals surface area contributed by atoms with Crippen LogP contribution in [-0.2, 0) is 0 Å². The van der Waals surface area contributed by atoms with E-state index in [9.17, 15) is 9.90 Å². The number of quaternary nitrogens is 1. The Bertz CT molecular complexity index is 296. The Morgan fingerprint density at radius 1 is 1.75 bits per heavy atom. The van der Waals surface area contributed by atoms with Gasteiger partial charge in [-0.05, 0) is 0 Å². The lowest BCUT2D eigenvalue weighted by Gasteiger charge is -2.19. The monoisotopic (exact) mass is 169 g/mol. The van der Waals surface area contributed by atoms with E-state index in [0.717, 1.165) is 0 Å². The lowest BCUT2D eigenvalue weighted by atomic mass is 10.4. The quantitative estimate of drug-likeness (QED) is 0.315. The molecule has 1 unspecified atom stereocenters. The molecule has 0 aromatic rings. The Kier molecular flexibility index (Phi) is 1.32. The van der Waals surface area contributed by atoms with Gasteiger partial charge in [-0.3, -0.25) is 0 Å². The number of nitrogens with two attached hydrogens (primary N) is 1. The lowest BCUT2D eigenvalue weighted by molar-refractivity contribution is -0.712. The Hall–Kier alpha value is -1.53. The minimum atomic E-state index is -0.271. The number of carbonyl (C=O) groups excluding carboxylic acids is 1. The van der Waals surface area contributed by atoms with Crippen LogP contribution in [0.3, 0.4) is 0 Å². The van der Waals surface area contributed by atoms with E-state index in [1.165, 1.54) is 5.01 Å². The van der Waals surface area contributed by atoms with Crippen LogP contribution in [0.2, 0.25) is 0 Å². The van der Waals surface area contributed by atoms with Gasteiger partial charge < -0.3 is 10.1 Å². The van der Waals surface area contributed by atoms with E-state index in [4.69, 9.17) is 5.84 Å². The van der Waals surface area contributed by atoms with E-state index >= 15 is 0 Å². The highest BCUT2D eigenvalue weighted by atomic mass is 16.3. The minimum absolute atomic E-state index is 0.0881. The van der Waals surface area contributed by atoms with Gasteiger partial charge in [0.15, 0.2) is 0 Å². The van der Waals surface area contributed by atoms with Gasteiger partial charge in [-0.25, -0.2) is 16.0 Å². The number of nitrogens with one attached hydrogen (secondary N) is 2. The number of aliphatic hydroxyl groups excluding tert-OH is 1.